The number of nitrogens with one attached hydrogen (secondary N) is 1. The first kappa shape index (κ1) is 19.1. The topological polar surface area (TPSA) is 62.3 Å². The monoisotopic (exact) mass is 387 g/mol. The van der Waals surface area contributed by atoms with E-state index in [1.165, 1.54) is 0 Å². The van der Waals surface area contributed by atoms with Crippen LogP contribution >= 0.6 is 0 Å². The van der Waals surface area contributed by atoms with Crippen LogP contribution in [0.25, 0.3) is 10.9 Å². The van der Waals surface area contributed by atoms with E-state index in [-0.39, 0.29) is 11.8 Å². The van der Waals surface area contributed by atoms with Crippen LogP contribution in [0.4, 0.5) is 5.69 Å². The quantitative estimate of drug-likeness (QED) is 0.712. The number of aryl methyl sites for hydroxylation is 1. The maximum Gasteiger partial charge on any atom is 0.256 e. The lowest BCUT2D eigenvalue weighted by atomic mass is 9.99. The summed E-state index contributed by atoms with van der Waals surface area (Å²) in [4.78, 5) is 32.2. The molecular weight excluding hydrogens is 362 g/mol. The number of para-hydroxylation sites is 1. The van der Waals surface area contributed by atoms with Gasteiger partial charge in [0.2, 0.25) is 0 Å². The highest BCUT2D eigenvalue weighted by molar-refractivity contribution is 6.13. The fourth-order valence-corrected chi connectivity index (χ4v) is 3.99. The molecule has 1 aliphatic rings. The number of benzene rings is 2. The molecule has 2 heterocycles. The van der Waals surface area contributed by atoms with Gasteiger partial charge in [-0.3, -0.25) is 14.6 Å². The Labute approximate surface area is 170 Å². The summed E-state index contributed by atoms with van der Waals surface area (Å²) in [5.41, 5.74) is 4.65. The predicted molar refractivity (Wildman–Crippen MR) is 115 cm³/mol. The van der Waals surface area contributed by atoms with Crippen LogP contribution in [0, 0.1) is 6.92 Å². The number of nitrogens with zero attached hydrogens (tertiary/aromatic N) is 2. The van der Waals surface area contributed by atoms with Crippen molar-refractivity contribution in [2.45, 2.75) is 33.1 Å². The Hall–Kier alpha value is -3.21. The fourth-order valence-electron chi connectivity index (χ4n) is 3.99. The molecule has 0 spiro atoms. The highest BCUT2D eigenvalue weighted by atomic mass is 16.2. The van der Waals surface area contributed by atoms with E-state index >= 15 is 0 Å². The number of fused-ring (bicyclic) bond motifs is 1. The molecule has 1 N–H and O–H groups in total. The van der Waals surface area contributed by atoms with Gasteiger partial charge >= 0.3 is 0 Å². The van der Waals surface area contributed by atoms with E-state index in [1.54, 1.807) is 24.3 Å². The number of hydrogen-bond acceptors (Lipinski definition) is 3. The van der Waals surface area contributed by atoms with Crippen molar-refractivity contribution in [3.8, 4) is 0 Å². The second-order valence-electron chi connectivity index (χ2n) is 7.46. The Balaban J connectivity index is 1.60. The summed E-state index contributed by atoms with van der Waals surface area (Å²) in [6.07, 6.45) is 2.90. The molecule has 1 aromatic heterocycles. The van der Waals surface area contributed by atoms with E-state index in [0.717, 1.165) is 54.5 Å². The third-order valence-corrected chi connectivity index (χ3v) is 5.58. The number of aromatic nitrogens is 1. The summed E-state index contributed by atoms with van der Waals surface area (Å²) >= 11 is 0. The van der Waals surface area contributed by atoms with Crippen LogP contribution in [-0.4, -0.2) is 34.8 Å². The second-order valence-corrected chi connectivity index (χ2v) is 7.46. The maximum atomic E-state index is 13.1. The lowest BCUT2D eigenvalue weighted by Crippen LogP contribution is -2.27. The zero-order valence-corrected chi connectivity index (χ0v) is 16.9. The normalized spacial score (nSPS) is 13.7. The largest absolute Gasteiger partial charge is 0.339 e. The van der Waals surface area contributed by atoms with Gasteiger partial charge in [0, 0.05) is 35.4 Å². The molecule has 2 amide bonds. The molecule has 5 nitrogen and oxygen atoms in total. The van der Waals surface area contributed by atoms with E-state index in [9.17, 15) is 9.59 Å². The van der Waals surface area contributed by atoms with Gasteiger partial charge in [-0.05, 0) is 62.1 Å². The summed E-state index contributed by atoms with van der Waals surface area (Å²) in [6, 6.07) is 14.9. The Morgan fingerprint density at radius 3 is 2.41 bits per heavy atom. The van der Waals surface area contributed by atoms with Crippen LogP contribution in [0.15, 0.2) is 48.5 Å². The Morgan fingerprint density at radius 2 is 1.72 bits per heavy atom. The average molecular weight is 387 g/mol. The Kier molecular flexibility index (Phi) is 5.30. The molecule has 148 valence electrons. The van der Waals surface area contributed by atoms with E-state index in [2.05, 4.69) is 10.3 Å². The molecule has 1 saturated heterocycles. The fraction of sp³-hybridized carbons (Fsp3) is 0.292. The third-order valence-electron chi connectivity index (χ3n) is 5.58. The molecule has 0 aliphatic carbocycles. The summed E-state index contributed by atoms with van der Waals surface area (Å²) < 4.78 is 0. The van der Waals surface area contributed by atoms with Crippen molar-refractivity contribution >= 4 is 28.4 Å². The minimum absolute atomic E-state index is 0.0592. The van der Waals surface area contributed by atoms with Gasteiger partial charge in [0.25, 0.3) is 11.8 Å². The maximum absolute atomic E-state index is 13.1. The third kappa shape index (κ3) is 3.73. The van der Waals surface area contributed by atoms with Crippen LogP contribution in [0.3, 0.4) is 0 Å². The van der Waals surface area contributed by atoms with E-state index in [4.69, 9.17) is 0 Å². The van der Waals surface area contributed by atoms with Gasteiger partial charge in [-0.2, -0.15) is 0 Å². The molecule has 0 unspecified atom stereocenters. The van der Waals surface area contributed by atoms with Crippen molar-refractivity contribution < 1.29 is 9.59 Å². The summed E-state index contributed by atoms with van der Waals surface area (Å²) in [5.74, 6) is -0.0987. The molecule has 2 aromatic carbocycles. The predicted octanol–water partition coefficient (Wildman–Crippen LogP) is 4.59. The van der Waals surface area contributed by atoms with Gasteiger partial charge < -0.3 is 10.2 Å². The zero-order chi connectivity index (χ0) is 20.4. The number of carbonyl (C=O) groups is 2. The van der Waals surface area contributed by atoms with Crippen molar-refractivity contribution in [1.82, 2.24) is 9.88 Å². The highest BCUT2D eigenvalue weighted by Crippen LogP contribution is 2.25. The SMILES string of the molecule is CCc1nc2ccccc2c(C(=O)Nc2ccc(C(=O)N3CCCC3)cc2)c1C. The molecule has 0 bridgehead atoms. The molecule has 0 saturated carbocycles. The van der Waals surface area contributed by atoms with Crippen LogP contribution in [0.2, 0.25) is 0 Å². The second kappa shape index (κ2) is 8.03. The average Bonchev–Trinajstić information content (AvgIpc) is 3.28. The Morgan fingerprint density at radius 1 is 1.03 bits per heavy atom. The summed E-state index contributed by atoms with van der Waals surface area (Å²) in [5, 5.41) is 3.83. The lowest BCUT2D eigenvalue weighted by Gasteiger charge is -2.16. The minimum Gasteiger partial charge on any atom is -0.339 e. The molecule has 1 aliphatic heterocycles. The first-order chi connectivity index (χ1) is 14.1. The molecule has 29 heavy (non-hydrogen) atoms. The molecule has 5 heteroatoms. The number of carbonyl (C=O) groups excluding carboxylic acids is 2. The lowest BCUT2D eigenvalue weighted by molar-refractivity contribution is 0.0792. The number of rotatable bonds is 4. The molecule has 0 radical (unpaired) electrons. The number of amides is 2. The number of pyridine rings is 1. The van der Waals surface area contributed by atoms with Gasteiger partial charge in [-0.1, -0.05) is 25.1 Å². The molecule has 4 rings (SSSR count). The first-order valence-corrected chi connectivity index (χ1v) is 10.2. The van der Waals surface area contributed by atoms with Crippen molar-refractivity contribution in [2.24, 2.45) is 0 Å². The number of anilines is 1. The van der Waals surface area contributed by atoms with Gasteiger partial charge in [0.05, 0.1) is 11.1 Å². The van der Waals surface area contributed by atoms with E-state index in [1.807, 2.05) is 43.0 Å². The number of likely N-dealkylation sites (tertiary alicyclic amines) is 1. The van der Waals surface area contributed by atoms with Crippen molar-refractivity contribution in [1.29, 1.82) is 0 Å². The Bertz CT molecular complexity index is 1070. The summed E-state index contributed by atoms with van der Waals surface area (Å²) in [7, 11) is 0. The smallest absolute Gasteiger partial charge is 0.256 e. The van der Waals surface area contributed by atoms with Gasteiger partial charge in [-0.15, -0.1) is 0 Å². The van der Waals surface area contributed by atoms with Crippen molar-refractivity contribution in [2.75, 3.05) is 18.4 Å². The zero-order valence-electron chi connectivity index (χ0n) is 16.9. The van der Waals surface area contributed by atoms with Gasteiger partial charge in [0.1, 0.15) is 0 Å². The summed E-state index contributed by atoms with van der Waals surface area (Å²) in [6.45, 7) is 5.64. The molecule has 3 aromatic rings. The highest BCUT2D eigenvalue weighted by Gasteiger charge is 2.20. The van der Waals surface area contributed by atoms with Gasteiger partial charge in [-0.25, -0.2) is 0 Å². The number of hydrogen-bond donors (Lipinski definition) is 1. The van der Waals surface area contributed by atoms with Gasteiger partial charge in [0.15, 0.2) is 0 Å². The van der Waals surface area contributed by atoms with E-state index in [0.29, 0.717) is 16.8 Å². The van der Waals surface area contributed by atoms with Crippen molar-refractivity contribution in [3.63, 3.8) is 0 Å². The molecule has 0 atom stereocenters. The molecular formula is C24H25N3O2. The van der Waals surface area contributed by atoms with E-state index < -0.39 is 0 Å². The van der Waals surface area contributed by atoms with Crippen LogP contribution in [-0.2, 0) is 6.42 Å². The standard InChI is InChI=1S/C24H25N3O2/c1-3-20-16(2)22(19-8-4-5-9-21(19)26-20)23(28)25-18-12-10-17(11-13-18)24(29)27-14-6-7-15-27/h4-5,8-13H,3,6-7,14-15H2,1-2H3,(H,25,28). The van der Waals surface area contributed by atoms with Crippen LogP contribution in [0.5, 0.6) is 0 Å². The minimum atomic E-state index is -0.158. The molecule has 1 fully saturated rings. The van der Waals surface area contributed by atoms with Crippen LogP contribution in [0.1, 0.15) is 51.7 Å². The first-order valence-electron chi connectivity index (χ1n) is 10.2. The van der Waals surface area contributed by atoms with Crippen LogP contribution < -0.4 is 5.32 Å². The van der Waals surface area contributed by atoms with Crippen molar-refractivity contribution in [3.05, 3.63) is 70.9 Å².